The van der Waals surface area contributed by atoms with Crippen molar-refractivity contribution in [3.63, 3.8) is 0 Å². The Hall–Kier alpha value is -3.02. The first kappa shape index (κ1) is 17.8. The van der Waals surface area contributed by atoms with E-state index in [2.05, 4.69) is 0 Å². The van der Waals surface area contributed by atoms with E-state index >= 15 is 0 Å². The first-order valence-corrected chi connectivity index (χ1v) is 8.39. The van der Waals surface area contributed by atoms with E-state index < -0.39 is 12.1 Å². The molecule has 1 aliphatic heterocycles. The first-order valence-electron chi connectivity index (χ1n) is 8.39. The molecule has 0 aromatic heterocycles. The van der Waals surface area contributed by atoms with Gasteiger partial charge in [0.25, 0.3) is 5.91 Å². The van der Waals surface area contributed by atoms with Gasteiger partial charge in [-0.2, -0.15) is 0 Å². The Labute approximate surface area is 152 Å². The Morgan fingerprint density at radius 1 is 1.15 bits per heavy atom. The predicted molar refractivity (Wildman–Crippen MR) is 95.5 cm³/mol. The fraction of sp³-hybridized carbons (Fsp3) is 0.300. The van der Waals surface area contributed by atoms with Crippen LogP contribution in [0.3, 0.4) is 0 Å². The predicted octanol–water partition coefficient (Wildman–Crippen LogP) is 2.31. The molecule has 0 bridgehead atoms. The minimum absolute atomic E-state index is 0.230. The molecule has 1 amide bonds. The van der Waals surface area contributed by atoms with Crippen molar-refractivity contribution in [1.82, 2.24) is 4.90 Å². The number of esters is 1. The average molecular weight is 355 g/mol. The number of nitrogens with zero attached hydrogens (tertiary/aromatic N) is 1. The molecule has 1 heterocycles. The summed E-state index contributed by atoms with van der Waals surface area (Å²) in [6.07, 6.45) is -0.395. The number of ether oxygens (including phenoxy) is 3. The van der Waals surface area contributed by atoms with E-state index in [1.54, 1.807) is 38.4 Å². The second kappa shape index (κ2) is 7.91. The Balaban J connectivity index is 1.52. The molecule has 6 heteroatoms. The van der Waals surface area contributed by atoms with Crippen molar-refractivity contribution in [2.24, 2.45) is 0 Å². The molecule has 0 N–H and O–H groups in total. The third kappa shape index (κ3) is 3.96. The molecule has 0 spiro atoms. The van der Waals surface area contributed by atoms with Crippen LogP contribution < -0.4 is 9.47 Å². The third-order valence-corrected chi connectivity index (χ3v) is 4.30. The lowest BCUT2D eigenvalue weighted by Crippen LogP contribution is -2.44. The highest BCUT2D eigenvalue weighted by atomic mass is 16.5. The molecular formula is C20H21NO5. The highest BCUT2D eigenvalue weighted by Gasteiger charge is 2.32. The number of amides is 1. The summed E-state index contributed by atoms with van der Waals surface area (Å²) in [5, 5.41) is 0. The van der Waals surface area contributed by atoms with E-state index in [0.29, 0.717) is 30.9 Å². The van der Waals surface area contributed by atoms with E-state index in [9.17, 15) is 9.59 Å². The van der Waals surface area contributed by atoms with Crippen LogP contribution in [0.2, 0.25) is 0 Å². The van der Waals surface area contributed by atoms with Gasteiger partial charge in [0, 0.05) is 13.5 Å². The maximum atomic E-state index is 12.6. The van der Waals surface area contributed by atoms with E-state index in [4.69, 9.17) is 14.2 Å². The van der Waals surface area contributed by atoms with Gasteiger partial charge in [-0.1, -0.05) is 18.2 Å². The molecule has 6 nitrogen and oxygen atoms in total. The Morgan fingerprint density at radius 3 is 2.58 bits per heavy atom. The van der Waals surface area contributed by atoms with Crippen molar-refractivity contribution in [2.75, 3.05) is 27.3 Å². The molecule has 0 radical (unpaired) electrons. The van der Waals surface area contributed by atoms with Crippen LogP contribution in [0.15, 0.2) is 48.5 Å². The van der Waals surface area contributed by atoms with Gasteiger partial charge in [0.2, 0.25) is 0 Å². The summed E-state index contributed by atoms with van der Waals surface area (Å²) in [6.45, 7) is 0.729. The second-order valence-corrected chi connectivity index (χ2v) is 6.04. The smallest absolute Gasteiger partial charge is 0.339 e. The lowest BCUT2D eigenvalue weighted by atomic mass is 9.98. The summed E-state index contributed by atoms with van der Waals surface area (Å²) in [5.74, 6) is 0.771. The zero-order chi connectivity index (χ0) is 18.5. The van der Waals surface area contributed by atoms with Crippen LogP contribution >= 0.6 is 0 Å². The van der Waals surface area contributed by atoms with E-state index in [1.165, 1.54) is 4.90 Å². The molecule has 26 heavy (non-hydrogen) atoms. The quantitative estimate of drug-likeness (QED) is 0.744. The number of cyclic esters (lactones) is 1. The van der Waals surface area contributed by atoms with Crippen molar-refractivity contribution in [1.29, 1.82) is 0 Å². The van der Waals surface area contributed by atoms with Gasteiger partial charge in [-0.15, -0.1) is 0 Å². The zero-order valence-electron chi connectivity index (χ0n) is 14.8. The van der Waals surface area contributed by atoms with Gasteiger partial charge in [0.05, 0.1) is 19.2 Å². The summed E-state index contributed by atoms with van der Waals surface area (Å²) in [5.41, 5.74) is 1.37. The molecule has 136 valence electrons. The highest BCUT2D eigenvalue weighted by Crippen LogP contribution is 2.21. The van der Waals surface area contributed by atoms with Gasteiger partial charge in [-0.05, 0) is 35.9 Å². The van der Waals surface area contributed by atoms with Gasteiger partial charge < -0.3 is 19.1 Å². The van der Waals surface area contributed by atoms with Crippen LogP contribution in [-0.4, -0.2) is 50.2 Å². The number of benzene rings is 2. The topological polar surface area (TPSA) is 65.1 Å². The highest BCUT2D eigenvalue weighted by molar-refractivity contribution is 5.95. The molecule has 0 aliphatic carbocycles. The summed E-state index contributed by atoms with van der Waals surface area (Å²) < 4.78 is 16.0. The second-order valence-electron chi connectivity index (χ2n) is 6.04. The Bertz CT molecular complexity index is 787. The molecule has 1 unspecified atom stereocenters. The lowest BCUT2D eigenvalue weighted by Gasteiger charge is -2.27. The van der Waals surface area contributed by atoms with E-state index in [1.807, 2.05) is 24.3 Å². The van der Waals surface area contributed by atoms with Crippen molar-refractivity contribution in [3.05, 3.63) is 59.7 Å². The number of hydrogen-bond donors (Lipinski definition) is 0. The number of fused-ring (bicyclic) bond motifs is 1. The van der Waals surface area contributed by atoms with Crippen molar-refractivity contribution in [2.45, 2.75) is 12.5 Å². The van der Waals surface area contributed by atoms with Gasteiger partial charge in [0.15, 0.2) is 6.10 Å². The van der Waals surface area contributed by atoms with Gasteiger partial charge in [-0.3, -0.25) is 4.79 Å². The third-order valence-electron chi connectivity index (χ3n) is 4.30. The monoisotopic (exact) mass is 355 g/mol. The van der Waals surface area contributed by atoms with Gasteiger partial charge in [0.1, 0.15) is 18.1 Å². The molecule has 1 aliphatic rings. The average Bonchev–Trinajstić information content (AvgIpc) is 2.67. The number of likely N-dealkylation sites (N-methyl/N-ethyl adjacent to an activating group) is 1. The lowest BCUT2D eigenvalue weighted by molar-refractivity contribution is -0.140. The molecular weight excluding hydrogens is 334 g/mol. The fourth-order valence-electron chi connectivity index (χ4n) is 2.80. The summed E-state index contributed by atoms with van der Waals surface area (Å²) in [6, 6.07) is 14.4. The van der Waals surface area contributed by atoms with Crippen LogP contribution in [0.4, 0.5) is 0 Å². The maximum absolute atomic E-state index is 12.6. The van der Waals surface area contributed by atoms with E-state index in [0.717, 1.165) is 11.3 Å². The number of methoxy groups -OCH3 is 1. The number of carbonyl (C=O) groups excluding carboxylic acids is 2. The van der Waals surface area contributed by atoms with Crippen molar-refractivity contribution in [3.8, 4) is 11.5 Å². The number of rotatable bonds is 6. The van der Waals surface area contributed by atoms with Crippen molar-refractivity contribution >= 4 is 11.9 Å². The van der Waals surface area contributed by atoms with Gasteiger partial charge in [-0.25, -0.2) is 4.79 Å². The number of hydrogen-bond acceptors (Lipinski definition) is 5. The van der Waals surface area contributed by atoms with Crippen LogP contribution in [0.1, 0.15) is 15.9 Å². The largest absolute Gasteiger partial charge is 0.497 e. The Morgan fingerprint density at radius 2 is 1.85 bits per heavy atom. The van der Waals surface area contributed by atoms with Crippen molar-refractivity contribution < 1.29 is 23.8 Å². The van der Waals surface area contributed by atoms with E-state index in [-0.39, 0.29) is 5.91 Å². The number of carbonyl (C=O) groups is 2. The Kier molecular flexibility index (Phi) is 5.41. The first-order chi connectivity index (χ1) is 12.6. The summed E-state index contributed by atoms with van der Waals surface area (Å²) in [7, 11) is 3.28. The molecule has 3 rings (SSSR count). The standard InChI is InChI=1S/C20H21NO5/c1-21(11-12-25-16-9-7-15(24-2)8-10-16)19(22)18-13-14-5-3-4-6-17(14)20(23)26-18/h3-10,18H,11-13H2,1-2H3. The van der Waals surface area contributed by atoms with Crippen LogP contribution in [-0.2, 0) is 16.0 Å². The SMILES string of the molecule is COc1ccc(OCCN(C)C(=O)C2Cc3ccccc3C(=O)O2)cc1. The zero-order valence-corrected chi connectivity index (χ0v) is 14.8. The van der Waals surface area contributed by atoms with Crippen LogP contribution in [0, 0.1) is 0 Å². The molecule has 0 saturated carbocycles. The molecule has 2 aromatic rings. The summed E-state index contributed by atoms with van der Waals surface area (Å²) in [4.78, 5) is 26.1. The summed E-state index contributed by atoms with van der Waals surface area (Å²) >= 11 is 0. The fourth-order valence-corrected chi connectivity index (χ4v) is 2.80. The van der Waals surface area contributed by atoms with Crippen LogP contribution in [0.25, 0.3) is 0 Å². The van der Waals surface area contributed by atoms with Gasteiger partial charge >= 0.3 is 5.97 Å². The molecule has 0 fully saturated rings. The maximum Gasteiger partial charge on any atom is 0.339 e. The molecule has 1 atom stereocenters. The van der Waals surface area contributed by atoms with Crippen LogP contribution in [0.5, 0.6) is 11.5 Å². The molecule has 0 saturated heterocycles. The normalized spacial score (nSPS) is 15.6. The minimum atomic E-state index is -0.789. The molecule has 2 aromatic carbocycles. The minimum Gasteiger partial charge on any atom is -0.497 e.